The third-order valence-corrected chi connectivity index (χ3v) is 1.33. The highest BCUT2D eigenvalue weighted by Crippen LogP contribution is 2.35. The van der Waals surface area contributed by atoms with E-state index in [9.17, 15) is 22.1 Å². The molecular formula is C6H9F5O4. The van der Waals surface area contributed by atoms with E-state index in [2.05, 4.69) is 4.74 Å². The summed E-state index contributed by atoms with van der Waals surface area (Å²) in [4.78, 5) is 1.81. The van der Waals surface area contributed by atoms with E-state index in [4.69, 9.17) is 10.2 Å². The molecule has 0 bridgehead atoms. The molecule has 1 unspecified atom stereocenters. The van der Waals surface area contributed by atoms with Gasteiger partial charge >= 0.3 is 12.0 Å². The molecule has 0 aliphatic heterocycles. The molecule has 0 saturated carbocycles. The largest absolute Gasteiger partial charge is 0.451 e. The topological polar surface area (TPSA) is 58.9 Å². The van der Waals surface area contributed by atoms with Gasteiger partial charge in [0.25, 0.3) is 0 Å². The number of ether oxygens (including phenoxy) is 1. The molecule has 2 N–H and O–H groups in total. The van der Waals surface area contributed by atoms with Crippen LogP contribution in [-0.4, -0.2) is 48.2 Å². The quantitative estimate of drug-likeness (QED) is 0.636. The molecule has 0 amide bonds. The lowest BCUT2D eigenvalue weighted by Gasteiger charge is -2.22. The first-order valence-corrected chi connectivity index (χ1v) is 3.69. The highest BCUT2D eigenvalue weighted by molar-refractivity contribution is 4.75. The Morgan fingerprint density at radius 2 is 1.73 bits per heavy atom. The van der Waals surface area contributed by atoms with Crippen molar-refractivity contribution in [3.63, 3.8) is 0 Å². The standard InChI is InChI=1S/C6H9F5O4/c7-5(8,6(9,10)15-11)3-14-2-4(13)1-12/h4,12-13H,1-3H2. The first-order chi connectivity index (χ1) is 6.77. The van der Waals surface area contributed by atoms with E-state index in [1.165, 1.54) is 0 Å². The summed E-state index contributed by atoms with van der Waals surface area (Å²) in [7, 11) is 0. The fourth-order valence-corrected chi connectivity index (χ4v) is 0.516. The van der Waals surface area contributed by atoms with Gasteiger partial charge in [0.1, 0.15) is 12.7 Å². The molecule has 0 fully saturated rings. The third-order valence-electron chi connectivity index (χ3n) is 1.33. The van der Waals surface area contributed by atoms with Gasteiger partial charge < -0.3 is 14.9 Å². The van der Waals surface area contributed by atoms with Gasteiger partial charge in [-0.25, -0.2) is 0 Å². The average molecular weight is 240 g/mol. The van der Waals surface area contributed by atoms with Crippen molar-refractivity contribution in [2.45, 2.75) is 18.1 Å². The van der Waals surface area contributed by atoms with Crippen LogP contribution in [0.1, 0.15) is 0 Å². The van der Waals surface area contributed by atoms with Gasteiger partial charge in [0.05, 0.1) is 13.2 Å². The van der Waals surface area contributed by atoms with Gasteiger partial charge in [-0.1, -0.05) is 0 Å². The van der Waals surface area contributed by atoms with Crippen molar-refractivity contribution < 1.29 is 42.0 Å². The Morgan fingerprint density at radius 1 is 1.20 bits per heavy atom. The van der Waals surface area contributed by atoms with Crippen molar-refractivity contribution in [2.24, 2.45) is 0 Å². The van der Waals surface area contributed by atoms with Gasteiger partial charge in [-0.3, -0.25) is 0 Å². The lowest BCUT2D eigenvalue weighted by molar-refractivity contribution is -0.428. The molecule has 1 atom stereocenters. The summed E-state index contributed by atoms with van der Waals surface area (Å²) in [5.74, 6) is -4.86. The number of alkyl halides is 4. The normalized spacial score (nSPS) is 15.4. The van der Waals surface area contributed by atoms with Gasteiger partial charge in [0.15, 0.2) is 0 Å². The lowest BCUT2D eigenvalue weighted by Crippen LogP contribution is -2.45. The predicted molar refractivity (Wildman–Crippen MR) is 36.0 cm³/mol. The van der Waals surface area contributed by atoms with Gasteiger partial charge in [0, 0.05) is 0 Å². The molecule has 0 aromatic heterocycles. The van der Waals surface area contributed by atoms with Crippen LogP contribution in [0.15, 0.2) is 0 Å². The first kappa shape index (κ1) is 14.5. The summed E-state index contributed by atoms with van der Waals surface area (Å²) in [6.07, 6.45) is -6.77. The zero-order valence-electron chi connectivity index (χ0n) is 7.30. The van der Waals surface area contributed by atoms with E-state index in [0.717, 1.165) is 0 Å². The van der Waals surface area contributed by atoms with Crippen LogP contribution < -0.4 is 0 Å². The van der Waals surface area contributed by atoms with Crippen LogP contribution in [0.25, 0.3) is 0 Å². The van der Waals surface area contributed by atoms with Crippen molar-refractivity contribution in [2.75, 3.05) is 19.8 Å². The Hall–Kier alpha value is -0.510. The highest BCUT2D eigenvalue weighted by Gasteiger charge is 2.59. The maximum Gasteiger partial charge on any atom is 0.451 e. The van der Waals surface area contributed by atoms with Crippen LogP contribution in [0.3, 0.4) is 0 Å². The van der Waals surface area contributed by atoms with E-state index >= 15 is 0 Å². The summed E-state index contributed by atoms with van der Waals surface area (Å²) in [6.45, 7) is -3.41. The minimum Gasteiger partial charge on any atom is -0.394 e. The molecule has 0 rings (SSSR count). The van der Waals surface area contributed by atoms with Crippen LogP contribution in [0.5, 0.6) is 0 Å². The monoisotopic (exact) mass is 240 g/mol. The third kappa shape index (κ3) is 4.24. The Morgan fingerprint density at radius 3 is 2.13 bits per heavy atom. The number of halogens is 5. The molecule has 0 heterocycles. The molecule has 0 aliphatic carbocycles. The van der Waals surface area contributed by atoms with Crippen molar-refractivity contribution in [1.82, 2.24) is 0 Å². The molecule has 0 aromatic carbocycles. The minimum absolute atomic E-state index is 0.776. The fourth-order valence-electron chi connectivity index (χ4n) is 0.516. The lowest BCUT2D eigenvalue weighted by atomic mass is 10.3. The van der Waals surface area contributed by atoms with Gasteiger partial charge in [-0.05, 0) is 4.53 Å². The summed E-state index contributed by atoms with van der Waals surface area (Å²) in [5, 5.41) is 16.8. The molecule has 0 saturated heterocycles. The second-order valence-electron chi connectivity index (χ2n) is 2.65. The maximum atomic E-state index is 12.4. The van der Waals surface area contributed by atoms with Crippen molar-refractivity contribution in [3.8, 4) is 0 Å². The molecule has 92 valence electrons. The van der Waals surface area contributed by atoms with E-state index in [1.807, 2.05) is 4.94 Å². The van der Waals surface area contributed by atoms with Crippen LogP contribution >= 0.6 is 0 Å². The Bertz CT molecular complexity index is 188. The van der Waals surface area contributed by atoms with Crippen molar-refractivity contribution in [1.29, 1.82) is 0 Å². The summed E-state index contributed by atoms with van der Waals surface area (Å²) < 4.78 is 63.7. The van der Waals surface area contributed by atoms with Gasteiger partial charge in [-0.2, -0.15) is 17.6 Å². The molecule has 4 nitrogen and oxygen atoms in total. The second-order valence-corrected chi connectivity index (χ2v) is 2.65. The van der Waals surface area contributed by atoms with Crippen LogP contribution in [0.4, 0.5) is 22.1 Å². The summed E-state index contributed by atoms with van der Waals surface area (Å²) in [5.41, 5.74) is 0. The van der Waals surface area contributed by atoms with Gasteiger partial charge in [-0.15, -0.1) is 4.94 Å². The number of rotatable bonds is 7. The molecule has 15 heavy (non-hydrogen) atoms. The molecule has 0 spiro atoms. The predicted octanol–water partition coefficient (Wildman–Crippen LogP) is 0.485. The molecular weight excluding hydrogens is 231 g/mol. The summed E-state index contributed by atoms with van der Waals surface area (Å²) in [6, 6.07) is 0. The molecule has 0 aromatic rings. The molecule has 0 aliphatic rings. The van der Waals surface area contributed by atoms with Crippen LogP contribution in [-0.2, 0) is 9.68 Å². The van der Waals surface area contributed by atoms with E-state index < -0.39 is 38.0 Å². The Labute approximate surface area is 81.1 Å². The van der Waals surface area contributed by atoms with Crippen LogP contribution in [0.2, 0.25) is 0 Å². The zero-order valence-corrected chi connectivity index (χ0v) is 7.30. The smallest absolute Gasteiger partial charge is 0.394 e. The van der Waals surface area contributed by atoms with Crippen LogP contribution in [0, 0.1) is 0 Å². The fraction of sp³-hybridized carbons (Fsp3) is 1.00. The van der Waals surface area contributed by atoms with Gasteiger partial charge in [0.2, 0.25) is 0 Å². The second kappa shape index (κ2) is 5.54. The molecule has 9 heteroatoms. The summed E-state index contributed by atoms with van der Waals surface area (Å²) >= 11 is 0. The van der Waals surface area contributed by atoms with E-state index in [0.29, 0.717) is 0 Å². The number of hydrogen-bond acceptors (Lipinski definition) is 4. The molecule has 0 radical (unpaired) electrons. The highest BCUT2D eigenvalue weighted by atomic mass is 19.4. The van der Waals surface area contributed by atoms with Crippen molar-refractivity contribution in [3.05, 3.63) is 0 Å². The Kier molecular flexibility index (Phi) is 5.35. The zero-order chi connectivity index (χ0) is 12.1. The number of aliphatic hydroxyl groups excluding tert-OH is 2. The first-order valence-electron chi connectivity index (χ1n) is 3.69. The Balaban J connectivity index is 4.04. The number of aliphatic hydroxyl groups is 2. The number of hydrogen-bond donors (Lipinski definition) is 2. The maximum absolute atomic E-state index is 12.4. The van der Waals surface area contributed by atoms with Crippen molar-refractivity contribution >= 4 is 0 Å². The minimum atomic E-state index is -5.29. The average Bonchev–Trinajstić information content (AvgIpc) is 2.16. The van der Waals surface area contributed by atoms with E-state index in [-0.39, 0.29) is 0 Å². The SMILES string of the molecule is OCC(O)COCC(F)(F)C(F)(F)OF. The van der Waals surface area contributed by atoms with E-state index in [1.54, 1.807) is 0 Å².